The number of carbonyl (C=O) groups excluding carboxylic acids is 1. The summed E-state index contributed by atoms with van der Waals surface area (Å²) in [5.41, 5.74) is -0.118. The molecule has 0 radical (unpaired) electrons. The monoisotopic (exact) mass is 386 g/mol. The summed E-state index contributed by atoms with van der Waals surface area (Å²) in [6, 6.07) is 1.56. The van der Waals surface area contributed by atoms with Crippen molar-refractivity contribution in [2.45, 2.75) is 25.9 Å². The highest BCUT2D eigenvalue weighted by Crippen LogP contribution is 2.23. The second-order valence-corrected chi connectivity index (χ2v) is 7.64. The number of anilines is 1. The highest BCUT2D eigenvalue weighted by Gasteiger charge is 2.29. The van der Waals surface area contributed by atoms with Crippen molar-refractivity contribution in [1.82, 2.24) is 14.9 Å². The number of imidazole rings is 1. The Morgan fingerprint density at radius 2 is 2.08 bits per heavy atom. The molecule has 0 saturated heterocycles. The third kappa shape index (κ3) is 5.01. The van der Waals surface area contributed by atoms with Crippen molar-refractivity contribution in [1.29, 1.82) is 0 Å². The molecule has 1 atom stereocenters. The van der Waals surface area contributed by atoms with Crippen LogP contribution < -0.4 is 9.62 Å². The number of sulfonamides is 1. The minimum absolute atomic E-state index is 0.118. The lowest BCUT2D eigenvalue weighted by molar-refractivity contribution is -0.121. The molecule has 1 amide bonds. The lowest BCUT2D eigenvalue weighted by atomic mass is 10.2. The predicted octanol–water partition coefficient (Wildman–Crippen LogP) is 1.52. The topological polar surface area (TPSA) is 84.3 Å². The summed E-state index contributed by atoms with van der Waals surface area (Å²) < 4.78 is 53.4. The van der Waals surface area contributed by atoms with Gasteiger partial charge < -0.3 is 9.88 Å². The van der Waals surface area contributed by atoms with Gasteiger partial charge in [0.1, 0.15) is 6.04 Å². The minimum Gasteiger partial charge on any atom is -0.354 e. The van der Waals surface area contributed by atoms with Crippen molar-refractivity contribution in [3.8, 4) is 0 Å². The van der Waals surface area contributed by atoms with Crippen LogP contribution in [0.2, 0.25) is 0 Å². The number of halogens is 2. The van der Waals surface area contributed by atoms with Crippen molar-refractivity contribution < 1.29 is 22.0 Å². The number of benzene rings is 1. The molecule has 10 heteroatoms. The van der Waals surface area contributed by atoms with Crippen molar-refractivity contribution in [3.63, 3.8) is 0 Å². The van der Waals surface area contributed by atoms with E-state index in [-0.39, 0.29) is 5.69 Å². The summed E-state index contributed by atoms with van der Waals surface area (Å²) in [4.78, 5) is 16.2. The maximum atomic E-state index is 13.5. The number of nitrogens with zero attached hydrogens (tertiary/aromatic N) is 3. The van der Waals surface area contributed by atoms with Crippen LogP contribution in [0, 0.1) is 11.6 Å². The Labute approximate surface area is 150 Å². The van der Waals surface area contributed by atoms with E-state index in [1.54, 1.807) is 18.7 Å². The van der Waals surface area contributed by atoms with Gasteiger partial charge in [0, 0.05) is 31.5 Å². The van der Waals surface area contributed by atoms with Gasteiger partial charge >= 0.3 is 0 Å². The first kappa shape index (κ1) is 19.8. The van der Waals surface area contributed by atoms with Gasteiger partial charge in [0.2, 0.25) is 15.9 Å². The number of aryl methyl sites for hydroxylation is 1. The van der Waals surface area contributed by atoms with Crippen molar-refractivity contribution >= 4 is 21.6 Å². The summed E-state index contributed by atoms with van der Waals surface area (Å²) in [7, 11) is -3.89. The molecule has 1 N–H and O–H groups in total. The zero-order valence-corrected chi connectivity index (χ0v) is 15.2. The quantitative estimate of drug-likeness (QED) is 0.698. The van der Waals surface area contributed by atoms with Gasteiger partial charge in [-0.05, 0) is 25.5 Å². The van der Waals surface area contributed by atoms with Gasteiger partial charge in [-0.1, -0.05) is 0 Å². The van der Waals surface area contributed by atoms with Crippen LogP contribution in [0.5, 0.6) is 0 Å². The van der Waals surface area contributed by atoms with E-state index in [1.165, 1.54) is 6.92 Å². The number of amides is 1. The molecule has 1 unspecified atom stereocenters. The molecule has 0 aliphatic rings. The third-order valence-electron chi connectivity index (χ3n) is 3.70. The van der Waals surface area contributed by atoms with Crippen LogP contribution in [0.4, 0.5) is 14.5 Å². The Bertz CT molecular complexity index is 856. The van der Waals surface area contributed by atoms with Crippen LogP contribution in [0.25, 0.3) is 0 Å². The molecular formula is C16H20F2N4O3S. The molecule has 26 heavy (non-hydrogen) atoms. The second-order valence-electron chi connectivity index (χ2n) is 5.78. The Hall–Kier alpha value is -2.49. The van der Waals surface area contributed by atoms with Crippen molar-refractivity contribution in [2.24, 2.45) is 0 Å². The van der Waals surface area contributed by atoms with E-state index in [2.05, 4.69) is 10.3 Å². The Balaban J connectivity index is 2.04. The van der Waals surface area contributed by atoms with E-state index in [0.29, 0.717) is 19.5 Å². The predicted molar refractivity (Wildman–Crippen MR) is 93.0 cm³/mol. The second kappa shape index (κ2) is 8.26. The largest absolute Gasteiger partial charge is 0.354 e. The van der Waals surface area contributed by atoms with Gasteiger partial charge in [-0.25, -0.2) is 22.2 Å². The molecule has 0 fully saturated rings. The Morgan fingerprint density at radius 3 is 2.65 bits per heavy atom. The lowest BCUT2D eigenvalue weighted by Crippen LogP contribution is -2.48. The number of aromatic nitrogens is 2. The number of hydrogen-bond acceptors (Lipinski definition) is 4. The van der Waals surface area contributed by atoms with Crippen LogP contribution in [0.15, 0.2) is 36.9 Å². The molecule has 1 heterocycles. The van der Waals surface area contributed by atoms with E-state index in [1.807, 2.05) is 4.57 Å². The minimum atomic E-state index is -3.89. The van der Waals surface area contributed by atoms with E-state index in [4.69, 9.17) is 0 Å². The average molecular weight is 386 g/mol. The maximum absolute atomic E-state index is 13.5. The van der Waals surface area contributed by atoms with Gasteiger partial charge in [-0.15, -0.1) is 0 Å². The number of hydrogen-bond donors (Lipinski definition) is 1. The van der Waals surface area contributed by atoms with Gasteiger partial charge in [0.25, 0.3) is 0 Å². The fourth-order valence-electron chi connectivity index (χ4n) is 2.47. The fourth-order valence-corrected chi connectivity index (χ4v) is 3.64. The molecule has 0 bridgehead atoms. The average Bonchev–Trinajstić information content (AvgIpc) is 3.07. The standard InChI is InChI=1S/C16H20F2N4O3S/c1-12(16(23)20-6-3-8-21-9-7-19-11-21)22(26(2,24)25)13-4-5-14(17)15(18)10-13/h4-5,7,9-12H,3,6,8H2,1-2H3,(H,20,23). The molecule has 142 valence electrons. The van der Waals surface area contributed by atoms with Gasteiger partial charge in [-0.3, -0.25) is 9.10 Å². The molecule has 1 aromatic heterocycles. The molecular weight excluding hydrogens is 366 g/mol. The smallest absolute Gasteiger partial charge is 0.243 e. The molecule has 0 aliphatic heterocycles. The maximum Gasteiger partial charge on any atom is 0.243 e. The highest BCUT2D eigenvalue weighted by atomic mass is 32.2. The Morgan fingerprint density at radius 1 is 1.35 bits per heavy atom. The first-order valence-corrected chi connectivity index (χ1v) is 9.73. The molecule has 1 aromatic carbocycles. The van der Waals surface area contributed by atoms with Crippen LogP contribution in [-0.2, 0) is 21.4 Å². The number of carbonyl (C=O) groups is 1. The van der Waals surface area contributed by atoms with Crippen molar-refractivity contribution in [2.75, 3.05) is 17.1 Å². The Kier molecular flexibility index (Phi) is 6.30. The fraction of sp³-hybridized carbons (Fsp3) is 0.375. The van der Waals surface area contributed by atoms with Crippen LogP contribution >= 0.6 is 0 Å². The molecule has 2 rings (SSSR count). The lowest BCUT2D eigenvalue weighted by Gasteiger charge is -2.28. The number of rotatable bonds is 8. The first-order chi connectivity index (χ1) is 12.2. The third-order valence-corrected chi connectivity index (χ3v) is 4.94. The highest BCUT2D eigenvalue weighted by molar-refractivity contribution is 7.92. The van der Waals surface area contributed by atoms with E-state index < -0.39 is 33.6 Å². The summed E-state index contributed by atoms with van der Waals surface area (Å²) in [5, 5.41) is 2.65. The van der Waals surface area contributed by atoms with Crippen LogP contribution in [0.3, 0.4) is 0 Å². The SMILES string of the molecule is CC(C(=O)NCCCn1ccnc1)N(c1ccc(F)c(F)c1)S(C)(=O)=O. The molecule has 0 aliphatic carbocycles. The normalized spacial score (nSPS) is 12.6. The summed E-state index contributed by atoms with van der Waals surface area (Å²) in [5.74, 6) is -2.83. The number of nitrogens with one attached hydrogen (secondary N) is 1. The molecule has 0 saturated carbocycles. The van der Waals surface area contributed by atoms with E-state index >= 15 is 0 Å². The van der Waals surface area contributed by atoms with E-state index in [0.717, 1.165) is 28.8 Å². The zero-order valence-electron chi connectivity index (χ0n) is 14.4. The molecule has 7 nitrogen and oxygen atoms in total. The van der Waals surface area contributed by atoms with Crippen LogP contribution in [-0.4, -0.2) is 42.7 Å². The van der Waals surface area contributed by atoms with Gasteiger partial charge in [0.05, 0.1) is 18.3 Å². The van der Waals surface area contributed by atoms with Crippen LogP contribution in [0.1, 0.15) is 13.3 Å². The zero-order chi connectivity index (χ0) is 19.3. The summed E-state index contributed by atoms with van der Waals surface area (Å²) in [6.07, 6.45) is 6.61. The summed E-state index contributed by atoms with van der Waals surface area (Å²) in [6.45, 7) is 2.36. The first-order valence-electron chi connectivity index (χ1n) is 7.88. The van der Waals surface area contributed by atoms with Crippen molar-refractivity contribution in [3.05, 3.63) is 48.6 Å². The molecule has 0 spiro atoms. The van der Waals surface area contributed by atoms with Gasteiger partial charge in [0.15, 0.2) is 11.6 Å². The summed E-state index contributed by atoms with van der Waals surface area (Å²) >= 11 is 0. The van der Waals surface area contributed by atoms with Gasteiger partial charge in [-0.2, -0.15) is 0 Å². The molecule has 2 aromatic rings. The van der Waals surface area contributed by atoms with E-state index in [9.17, 15) is 22.0 Å².